The molecule has 60 heavy (non-hydrogen) atoms. The molecule has 0 atom stereocenters. The fraction of sp³-hybridized carbons (Fsp3) is 0.0508. The van der Waals surface area contributed by atoms with Crippen LogP contribution in [0.5, 0.6) is 0 Å². The van der Waals surface area contributed by atoms with Crippen LogP contribution in [-0.2, 0) is 5.41 Å². The van der Waals surface area contributed by atoms with E-state index >= 15 is 0 Å². The molecule has 0 spiro atoms. The Bertz CT molecular complexity index is 3740. The molecule has 0 saturated carbocycles. The summed E-state index contributed by atoms with van der Waals surface area (Å²) < 4.78 is 7.00. The van der Waals surface area contributed by atoms with Crippen LogP contribution >= 0.6 is 0 Å². The molecule has 1 aliphatic rings. The topological polar surface area (TPSA) is 13.1 Å². The Kier molecular flexibility index (Phi) is 6.85. The van der Waals surface area contributed by atoms with Crippen molar-refractivity contribution < 1.29 is 4.42 Å². The predicted molar refractivity (Wildman–Crippen MR) is 255 cm³/mol. The van der Waals surface area contributed by atoms with Gasteiger partial charge in [0.25, 0.3) is 0 Å². The zero-order chi connectivity index (χ0) is 39.7. The van der Waals surface area contributed by atoms with Crippen LogP contribution in [0.4, 0.5) is 0 Å². The fourth-order valence-electron chi connectivity index (χ4n) is 10.9. The van der Waals surface area contributed by atoms with E-state index in [-0.39, 0.29) is 5.41 Å². The zero-order valence-electron chi connectivity index (χ0n) is 33.4. The lowest BCUT2D eigenvalue weighted by molar-refractivity contribution is 0.621. The largest absolute Gasteiger partial charge is 0.455 e. The van der Waals surface area contributed by atoms with E-state index in [0.717, 1.165) is 21.9 Å². The summed E-state index contributed by atoms with van der Waals surface area (Å²) in [7, 11) is 0. The molecule has 0 saturated heterocycles. The summed E-state index contributed by atoms with van der Waals surface area (Å²) in [5, 5.41) is 14.7. The van der Waals surface area contributed by atoms with Gasteiger partial charge in [-0.3, -0.25) is 0 Å². The fourth-order valence-corrected chi connectivity index (χ4v) is 10.9. The van der Waals surface area contributed by atoms with Crippen molar-refractivity contribution in [2.45, 2.75) is 19.3 Å². The summed E-state index contributed by atoms with van der Waals surface area (Å²) in [6.07, 6.45) is 0. The molecule has 1 aromatic heterocycles. The average Bonchev–Trinajstić information content (AvgIpc) is 3.79. The van der Waals surface area contributed by atoms with Crippen LogP contribution in [0.25, 0.3) is 120 Å². The normalized spacial score (nSPS) is 13.3. The lowest BCUT2D eigenvalue weighted by Crippen LogP contribution is -2.15. The highest BCUT2D eigenvalue weighted by Gasteiger charge is 2.40. The van der Waals surface area contributed by atoms with Gasteiger partial charge in [-0.2, -0.15) is 0 Å². The average molecular weight is 763 g/mol. The van der Waals surface area contributed by atoms with Crippen LogP contribution < -0.4 is 0 Å². The lowest BCUT2D eigenvalue weighted by Gasteiger charge is -2.22. The lowest BCUT2D eigenvalue weighted by atomic mass is 9.80. The molecule has 280 valence electrons. The second-order valence-electron chi connectivity index (χ2n) is 17.1. The predicted octanol–water partition coefficient (Wildman–Crippen LogP) is 16.7. The van der Waals surface area contributed by atoms with E-state index in [1.54, 1.807) is 0 Å². The number of furan rings is 1. The molecule has 0 bridgehead atoms. The van der Waals surface area contributed by atoms with Crippen LogP contribution in [0.15, 0.2) is 199 Å². The molecule has 0 aliphatic heterocycles. The molecule has 1 heteroatoms. The maximum Gasteiger partial charge on any atom is 0.143 e. The molecule has 0 N–H and O–H groups in total. The van der Waals surface area contributed by atoms with Crippen molar-refractivity contribution in [3.05, 3.63) is 205 Å². The quantitative estimate of drug-likeness (QED) is 0.163. The molecule has 12 aromatic rings. The second kappa shape index (κ2) is 12.3. The number of fused-ring (bicyclic) bond motifs is 13. The van der Waals surface area contributed by atoms with E-state index in [1.165, 1.54) is 109 Å². The van der Waals surface area contributed by atoms with E-state index in [4.69, 9.17) is 4.42 Å². The first-order chi connectivity index (χ1) is 29.5. The number of benzene rings is 11. The number of hydrogen-bond acceptors (Lipinski definition) is 1. The van der Waals surface area contributed by atoms with Gasteiger partial charge in [0, 0.05) is 27.1 Å². The van der Waals surface area contributed by atoms with Crippen molar-refractivity contribution in [3.8, 4) is 44.5 Å². The smallest absolute Gasteiger partial charge is 0.143 e. The first-order valence-electron chi connectivity index (χ1n) is 21.0. The van der Waals surface area contributed by atoms with Crippen LogP contribution in [0.3, 0.4) is 0 Å². The first kappa shape index (κ1) is 33.5. The summed E-state index contributed by atoms with van der Waals surface area (Å²) in [5.41, 5.74) is 14.4. The van der Waals surface area contributed by atoms with Gasteiger partial charge in [-0.05, 0) is 123 Å². The number of hydrogen-bond donors (Lipinski definition) is 0. The van der Waals surface area contributed by atoms with Gasteiger partial charge in [0.2, 0.25) is 0 Å². The molecule has 11 aromatic carbocycles. The Morgan fingerprint density at radius 2 is 0.850 bits per heavy atom. The van der Waals surface area contributed by atoms with Gasteiger partial charge in [0.05, 0.1) is 0 Å². The standard InChI is InChI=1S/C59H38O/c1-59(2)52-25-12-11-23-49(52)55-50(34-51-48-31-30-36-15-4-6-18-42(36)57(48)60-58(51)56(55)59)39-28-26-38-33-40(29-27-37(38)32-39)53-44-19-7-9-21-46(44)54(47-22-10-8-20-45(47)53)43-24-13-16-35-14-3-5-17-41(35)43/h3-34H,1-2H3. The van der Waals surface area contributed by atoms with Gasteiger partial charge in [-0.25, -0.2) is 0 Å². The molecule has 1 nitrogen and oxygen atoms in total. The maximum atomic E-state index is 7.00. The molecule has 0 amide bonds. The minimum Gasteiger partial charge on any atom is -0.455 e. The van der Waals surface area contributed by atoms with Crippen molar-refractivity contribution in [3.63, 3.8) is 0 Å². The Morgan fingerprint density at radius 3 is 1.58 bits per heavy atom. The minimum absolute atomic E-state index is 0.232. The van der Waals surface area contributed by atoms with Crippen molar-refractivity contribution >= 4 is 75.8 Å². The van der Waals surface area contributed by atoms with Crippen molar-refractivity contribution in [1.82, 2.24) is 0 Å². The molecule has 1 aliphatic carbocycles. The number of rotatable bonds is 3. The minimum atomic E-state index is -0.232. The molecule has 0 unspecified atom stereocenters. The highest BCUT2D eigenvalue weighted by molar-refractivity contribution is 6.24. The third kappa shape index (κ3) is 4.58. The Morgan fingerprint density at radius 1 is 0.317 bits per heavy atom. The van der Waals surface area contributed by atoms with Crippen LogP contribution in [-0.4, -0.2) is 0 Å². The molecular weight excluding hydrogens is 725 g/mol. The summed E-state index contributed by atoms with van der Waals surface area (Å²) in [4.78, 5) is 0. The van der Waals surface area contributed by atoms with Crippen LogP contribution in [0.2, 0.25) is 0 Å². The summed E-state index contributed by atoms with van der Waals surface area (Å²) >= 11 is 0. The van der Waals surface area contributed by atoms with Crippen molar-refractivity contribution in [2.24, 2.45) is 0 Å². The Balaban J connectivity index is 1.03. The highest BCUT2D eigenvalue weighted by Crippen LogP contribution is 2.56. The Labute approximate surface area is 347 Å². The van der Waals surface area contributed by atoms with Crippen LogP contribution in [0.1, 0.15) is 25.0 Å². The maximum absolute atomic E-state index is 7.00. The van der Waals surface area contributed by atoms with Crippen LogP contribution in [0, 0.1) is 0 Å². The van der Waals surface area contributed by atoms with Gasteiger partial charge in [0.1, 0.15) is 11.2 Å². The van der Waals surface area contributed by atoms with E-state index in [2.05, 4.69) is 208 Å². The van der Waals surface area contributed by atoms with Gasteiger partial charge in [0.15, 0.2) is 0 Å². The van der Waals surface area contributed by atoms with E-state index in [9.17, 15) is 0 Å². The second-order valence-corrected chi connectivity index (χ2v) is 17.1. The summed E-state index contributed by atoms with van der Waals surface area (Å²) in [5.74, 6) is 0. The Hall–Kier alpha value is -7.48. The van der Waals surface area contributed by atoms with Gasteiger partial charge in [-0.1, -0.05) is 184 Å². The molecule has 0 radical (unpaired) electrons. The van der Waals surface area contributed by atoms with Crippen molar-refractivity contribution in [2.75, 3.05) is 0 Å². The molecule has 13 rings (SSSR count). The van der Waals surface area contributed by atoms with E-state index in [1.807, 2.05) is 0 Å². The van der Waals surface area contributed by atoms with Gasteiger partial charge >= 0.3 is 0 Å². The van der Waals surface area contributed by atoms with E-state index < -0.39 is 0 Å². The third-order valence-corrected chi connectivity index (χ3v) is 13.6. The third-order valence-electron chi connectivity index (χ3n) is 13.6. The summed E-state index contributed by atoms with van der Waals surface area (Å²) in [6.45, 7) is 4.71. The molecular formula is C59H38O. The SMILES string of the molecule is CC1(C)c2ccccc2-c2c(-c3ccc4cc(-c5c6ccccc6c(-c6cccc7ccccc67)c6ccccc56)ccc4c3)cc3c(oc4c5ccccc5ccc34)c21. The molecule has 1 heterocycles. The monoisotopic (exact) mass is 762 g/mol. The van der Waals surface area contributed by atoms with Gasteiger partial charge < -0.3 is 4.42 Å². The first-order valence-corrected chi connectivity index (χ1v) is 21.0. The zero-order valence-corrected chi connectivity index (χ0v) is 33.4. The highest BCUT2D eigenvalue weighted by atomic mass is 16.3. The van der Waals surface area contributed by atoms with Gasteiger partial charge in [-0.15, -0.1) is 0 Å². The van der Waals surface area contributed by atoms with Crippen molar-refractivity contribution in [1.29, 1.82) is 0 Å². The molecule has 0 fully saturated rings. The summed E-state index contributed by atoms with van der Waals surface area (Å²) in [6, 6.07) is 71.9. The van der Waals surface area contributed by atoms with E-state index in [0.29, 0.717) is 0 Å².